The number of nitrogens with one attached hydrogen (secondary N) is 1. The van der Waals surface area contributed by atoms with E-state index < -0.39 is 0 Å². The standard InChI is InChI=1S/C13H17NO/c1-14-13(6-7-13)9-11-4-2-3-10-5-8-15-12(10)11/h2-4,14H,5-9H2,1H3. The number of fused-ring (bicyclic) bond motifs is 1. The Morgan fingerprint density at radius 1 is 1.40 bits per heavy atom. The summed E-state index contributed by atoms with van der Waals surface area (Å²) in [5.74, 6) is 1.17. The molecule has 2 aliphatic rings. The predicted molar refractivity (Wildman–Crippen MR) is 60.4 cm³/mol. The highest BCUT2D eigenvalue weighted by Crippen LogP contribution is 2.41. The van der Waals surface area contributed by atoms with Crippen molar-refractivity contribution < 1.29 is 4.74 Å². The molecule has 1 aromatic carbocycles. The number of para-hydroxylation sites is 1. The Hall–Kier alpha value is -1.02. The summed E-state index contributed by atoms with van der Waals surface area (Å²) >= 11 is 0. The number of rotatable bonds is 3. The highest BCUT2D eigenvalue weighted by Gasteiger charge is 2.41. The summed E-state index contributed by atoms with van der Waals surface area (Å²) in [6, 6.07) is 6.56. The molecule has 3 rings (SSSR count). The van der Waals surface area contributed by atoms with E-state index in [-0.39, 0.29) is 0 Å². The second kappa shape index (κ2) is 3.24. The van der Waals surface area contributed by atoms with Crippen LogP contribution >= 0.6 is 0 Å². The molecule has 2 heteroatoms. The van der Waals surface area contributed by atoms with Crippen molar-refractivity contribution in [2.24, 2.45) is 0 Å². The van der Waals surface area contributed by atoms with Crippen molar-refractivity contribution in [3.8, 4) is 5.75 Å². The Bertz CT molecular complexity index is 382. The molecule has 80 valence electrons. The van der Waals surface area contributed by atoms with Crippen LogP contribution in [0.3, 0.4) is 0 Å². The smallest absolute Gasteiger partial charge is 0.125 e. The lowest BCUT2D eigenvalue weighted by molar-refractivity contribution is 0.351. The highest BCUT2D eigenvalue weighted by molar-refractivity contribution is 5.45. The average molecular weight is 203 g/mol. The molecule has 0 spiro atoms. The molecular weight excluding hydrogens is 186 g/mol. The third-order valence-electron chi connectivity index (χ3n) is 3.71. The van der Waals surface area contributed by atoms with Crippen molar-refractivity contribution in [2.45, 2.75) is 31.2 Å². The molecule has 1 fully saturated rings. The number of ether oxygens (including phenoxy) is 1. The molecule has 1 N–H and O–H groups in total. The van der Waals surface area contributed by atoms with Gasteiger partial charge in [0.25, 0.3) is 0 Å². The summed E-state index contributed by atoms with van der Waals surface area (Å²) in [5, 5.41) is 3.44. The van der Waals surface area contributed by atoms with Crippen LogP contribution in [0, 0.1) is 0 Å². The van der Waals surface area contributed by atoms with Gasteiger partial charge in [0.1, 0.15) is 5.75 Å². The minimum Gasteiger partial charge on any atom is -0.493 e. The number of hydrogen-bond acceptors (Lipinski definition) is 2. The van der Waals surface area contributed by atoms with Crippen molar-refractivity contribution in [3.05, 3.63) is 29.3 Å². The maximum Gasteiger partial charge on any atom is 0.125 e. The van der Waals surface area contributed by atoms with E-state index in [0.29, 0.717) is 5.54 Å². The minimum atomic E-state index is 0.376. The van der Waals surface area contributed by atoms with Crippen LogP contribution in [0.2, 0.25) is 0 Å². The Kier molecular flexibility index (Phi) is 1.99. The molecule has 1 aromatic rings. The summed E-state index contributed by atoms with van der Waals surface area (Å²) in [5.41, 5.74) is 3.15. The molecule has 2 nitrogen and oxygen atoms in total. The van der Waals surface area contributed by atoms with Gasteiger partial charge < -0.3 is 10.1 Å². The fourth-order valence-corrected chi connectivity index (χ4v) is 2.45. The van der Waals surface area contributed by atoms with E-state index in [4.69, 9.17) is 4.74 Å². The van der Waals surface area contributed by atoms with Crippen molar-refractivity contribution in [1.82, 2.24) is 5.32 Å². The Balaban J connectivity index is 1.89. The molecule has 1 saturated carbocycles. The molecule has 1 heterocycles. The van der Waals surface area contributed by atoms with E-state index in [1.807, 2.05) is 0 Å². The lowest BCUT2D eigenvalue weighted by Crippen LogP contribution is -2.29. The summed E-state index contributed by atoms with van der Waals surface area (Å²) in [4.78, 5) is 0. The Morgan fingerprint density at radius 3 is 3.00 bits per heavy atom. The van der Waals surface area contributed by atoms with Gasteiger partial charge in [-0.15, -0.1) is 0 Å². The van der Waals surface area contributed by atoms with Crippen LogP contribution < -0.4 is 10.1 Å². The molecule has 0 aromatic heterocycles. The maximum atomic E-state index is 5.72. The van der Waals surface area contributed by atoms with E-state index >= 15 is 0 Å². The van der Waals surface area contributed by atoms with Crippen LogP contribution in [0.15, 0.2) is 18.2 Å². The zero-order valence-corrected chi connectivity index (χ0v) is 9.18. The third kappa shape index (κ3) is 1.53. The molecule has 0 amide bonds. The van der Waals surface area contributed by atoms with Gasteiger partial charge in [-0.05, 0) is 37.4 Å². The lowest BCUT2D eigenvalue weighted by atomic mass is 10.0. The number of likely N-dealkylation sites (N-methyl/N-ethyl adjacent to an activating group) is 1. The van der Waals surface area contributed by atoms with E-state index in [2.05, 4.69) is 30.6 Å². The van der Waals surface area contributed by atoms with Crippen LogP contribution in [0.5, 0.6) is 5.75 Å². The van der Waals surface area contributed by atoms with Crippen molar-refractivity contribution in [3.63, 3.8) is 0 Å². The van der Waals surface area contributed by atoms with Crippen LogP contribution in [0.25, 0.3) is 0 Å². The Labute approximate surface area is 90.6 Å². The van der Waals surface area contributed by atoms with Gasteiger partial charge in [-0.1, -0.05) is 18.2 Å². The van der Waals surface area contributed by atoms with Crippen LogP contribution in [-0.2, 0) is 12.8 Å². The van der Waals surface area contributed by atoms with Gasteiger partial charge >= 0.3 is 0 Å². The summed E-state index contributed by atoms with van der Waals surface area (Å²) < 4.78 is 5.72. The van der Waals surface area contributed by atoms with Crippen molar-refractivity contribution >= 4 is 0 Å². The van der Waals surface area contributed by atoms with Gasteiger partial charge in [-0.2, -0.15) is 0 Å². The van der Waals surface area contributed by atoms with Gasteiger partial charge in [0.15, 0.2) is 0 Å². The molecule has 1 aliphatic carbocycles. The lowest BCUT2D eigenvalue weighted by Gasteiger charge is -2.16. The second-order valence-corrected chi connectivity index (χ2v) is 4.71. The largest absolute Gasteiger partial charge is 0.493 e. The SMILES string of the molecule is CNC1(Cc2cccc3c2OCC3)CC1. The van der Waals surface area contributed by atoms with E-state index in [1.54, 1.807) is 0 Å². The van der Waals surface area contributed by atoms with E-state index in [9.17, 15) is 0 Å². The first kappa shape index (κ1) is 9.22. The summed E-state index contributed by atoms with van der Waals surface area (Å²) in [6.45, 7) is 0.860. The van der Waals surface area contributed by atoms with Gasteiger partial charge in [0.05, 0.1) is 6.61 Å². The normalized spacial score (nSPS) is 20.9. The summed E-state index contributed by atoms with van der Waals surface area (Å²) in [7, 11) is 2.07. The van der Waals surface area contributed by atoms with Crippen molar-refractivity contribution in [2.75, 3.05) is 13.7 Å². The second-order valence-electron chi connectivity index (χ2n) is 4.71. The zero-order chi connectivity index (χ0) is 10.3. The molecular formula is C13H17NO. The molecule has 1 aliphatic heterocycles. The zero-order valence-electron chi connectivity index (χ0n) is 9.18. The fraction of sp³-hybridized carbons (Fsp3) is 0.538. The van der Waals surface area contributed by atoms with Crippen LogP contribution in [-0.4, -0.2) is 19.2 Å². The van der Waals surface area contributed by atoms with Gasteiger partial charge in [0, 0.05) is 12.0 Å². The Morgan fingerprint density at radius 2 is 2.27 bits per heavy atom. The first-order valence-electron chi connectivity index (χ1n) is 5.75. The average Bonchev–Trinajstić information content (AvgIpc) is 2.87. The number of hydrogen-bond donors (Lipinski definition) is 1. The van der Waals surface area contributed by atoms with Gasteiger partial charge in [-0.25, -0.2) is 0 Å². The first-order chi connectivity index (χ1) is 7.33. The first-order valence-corrected chi connectivity index (χ1v) is 5.75. The number of benzene rings is 1. The quantitative estimate of drug-likeness (QED) is 0.810. The van der Waals surface area contributed by atoms with E-state index in [1.165, 1.54) is 29.7 Å². The van der Waals surface area contributed by atoms with Crippen LogP contribution in [0.1, 0.15) is 24.0 Å². The predicted octanol–water partition coefficient (Wildman–Crippen LogP) is 1.92. The van der Waals surface area contributed by atoms with E-state index in [0.717, 1.165) is 19.4 Å². The molecule has 0 radical (unpaired) electrons. The molecule has 0 bridgehead atoms. The minimum absolute atomic E-state index is 0.376. The molecule has 0 unspecified atom stereocenters. The van der Waals surface area contributed by atoms with Gasteiger partial charge in [-0.3, -0.25) is 0 Å². The summed E-state index contributed by atoms with van der Waals surface area (Å²) in [6.07, 6.45) is 4.79. The third-order valence-corrected chi connectivity index (χ3v) is 3.71. The molecule has 0 atom stereocenters. The molecule has 15 heavy (non-hydrogen) atoms. The maximum absolute atomic E-state index is 5.72. The topological polar surface area (TPSA) is 21.3 Å². The van der Waals surface area contributed by atoms with Crippen molar-refractivity contribution in [1.29, 1.82) is 0 Å². The molecule has 0 saturated heterocycles. The monoisotopic (exact) mass is 203 g/mol. The van der Waals surface area contributed by atoms with Gasteiger partial charge in [0.2, 0.25) is 0 Å². The highest BCUT2D eigenvalue weighted by atomic mass is 16.5. The van der Waals surface area contributed by atoms with Crippen LogP contribution in [0.4, 0.5) is 0 Å². The fourth-order valence-electron chi connectivity index (χ4n) is 2.45.